The van der Waals surface area contributed by atoms with Gasteiger partial charge in [0.25, 0.3) is 0 Å². The van der Waals surface area contributed by atoms with Gasteiger partial charge in [-0.2, -0.15) is 0 Å². The second-order valence-electron chi connectivity index (χ2n) is 2.60. The van der Waals surface area contributed by atoms with E-state index in [0.717, 1.165) is 0 Å². The van der Waals surface area contributed by atoms with E-state index < -0.39 is 7.59 Å². The van der Waals surface area contributed by atoms with Gasteiger partial charge in [0.05, 0.1) is 0 Å². The summed E-state index contributed by atoms with van der Waals surface area (Å²) in [6, 6.07) is 0. The molecule has 86 valence electrons. The fourth-order valence-corrected chi connectivity index (χ4v) is 1.95. The Bertz CT molecular complexity index is 349. The molecule has 0 aliphatic carbocycles. The SMILES string of the molecule is CCn1nnc(C(Cl)(Cl)Cl)c1C(Cl)(Cl)Cl. The summed E-state index contributed by atoms with van der Waals surface area (Å²) in [6.45, 7) is 2.26. The molecule has 3 nitrogen and oxygen atoms in total. The van der Waals surface area contributed by atoms with Crippen molar-refractivity contribution in [2.24, 2.45) is 0 Å². The predicted molar refractivity (Wildman–Crippen MR) is 64.2 cm³/mol. The molecule has 1 aromatic rings. The van der Waals surface area contributed by atoms with E-state index in [2.05, 4.69) is 10.3 Å². The maximum Gasteiger partial charge on any atom is 0.236 e. The second kappa shape index (κ2) is 4.63. The Balaban J connectivity index is 3.37. The molecule has 1 aromatic heterocycles. The summed E-state index contributed by atoms with van der Waals surface area (Å²) >= 11 is 34.3. The van der Waals surface area contributed by atoms with Gasteiger partial charge in [0.1, 0.15) is 11.4 Å². The van der Waals surface area contributed by atoms with Crippen LogP contribution in [0.25, 0.3) is 0 Å². The van der Waals surface area contributed by atoms with E-state index in [1.54, 1.807) is 6.92 Å². The molecule has 0 spiro atoms. The van der Waals surface area contributed by atoms with Crippen LogP contribution in [0.5, 0.6) is 0 Å². The lowest BCUT2D eigenvalue weighted by Gasteiger charge is -2.16. The summed E-state index contributed by atoms with van der Waals surface area (Å²) in [7, 11) is 0. The van der Waals surface area contributed by atoms with Gasteiger partial charge in [-0.05, 0) is 6.92 Å². The van der Waals surface area contributed by atoms with Crippen LogP contribution in [0, 0.1) is 0 Å². The highest BCUT2D eigenvalue weighted by molar-refractivity contribution is 6.68. The van der Waals surface area contributed by atoms with Gasteiger partial charge in [-0.1, -0.05) is 74.8 Å². The van der Waals surface area contributed by atoms with Crippen molar-refractivity contribution in [3.63, 3.8) is 0 Å². The highest BCUT2D eigenvalue weighted by Crippen LogP contribution is 2.46. The standard InChI is InChI=1S/C6H5Cl6N3/c1-2-15-4(6(10,11)12)3(13-14-15)5(7,8)9/h2H2,1H3. The predicted octanol–water partition coefficient (Wildman–Crippen LogP) is 3.95. The molecule has 0 amide bonds. The van der Waals surface area contributed by atoms with Crippen molar-refractivity contribution >= 4 is 69.6 Å². The number of halogens is 6. The van der Waals surface area contributed by atoms with Crippen molar-refractivity contribution < 1.29 is 0 Å². The lowest BCUT2D eigenvalue weighted by Crippen LogP contribution is -2.16. The Hall–Kier alpha value is 0.880. The Morgan fingerprint density at radius 3 is 1.93 bits per heavy atom. The molecule has 0 saturated carbocycles. The molecule has 0 radical (unpaired) electrons. The van der Waals surface area contributed by atoms with E-state index in [-0.39, 0.29) is 11.4 Å². The summed E-state index contributed by atoms with van der Waals surface area (Å²) < 4.78 is -2.14. The molecule has 0 bridgehead atoms. The van der Waals surface area contributed by atoms with Crippen molar-refractivity contribution in [2.75, 3.05) is 0 Å². The Kier molecular flexibility index (Phi) is 4.30. The lowest BCUT2D eigenvalue weighted by atomic mass is 10.3. The monoisotopic (exact) mass is 329 g/mol. The van der Waals surface area contributed by atoms with E-state index in [1.165, 1.54) is 4.68 Å². The van der Waals surface area contributed by atoms with Gasteiger partial charge in [0.15, 0.2) is 0 Å². The number of alkyl halides is 6. The lowest BCUT2D eigenvalue weighted by molar-refractivity contribution is 0.602. The van der Waals surface area contributed by atoms with Gasteiger partial charge in [-0.3, -0.25) is 0 Å². The quantitative estimate of drug-likeness (QED) is 0.729. The highest BCUT2D eigenvalue weighted by atomic mass is 35.6. The van der Waals surface area contributed by atoms with Gasteiger partial charge in [0, 0.05) is 6.54 Å². The molecule has 0 aliphatic rings. The van der Waals surface area contributed by atoms with Crippen molar-refractivity contribution in [1.29, 1.82) is 0 Å². The zero-order chi connectivity index (χ0) is 11.9. The van der Waals surface area contributed by atoms with E-state index in [9.17, 15) is 0 Å². The Morgan fingerprint density at radius 2 is 1.60 bits per heavy atom. The minimum absolute atomic E-state index is 0.0225. The fraction of sp³-hybridized carbons (Fsp3) is 0.667. The summed E-state index contributed by atoms with van der Waals surface area (Å²) in [5.74, 6) is 0. The minimum Gasteiger partial charge on any atom is -0.245 e. The van der Waals surface area contributed by atoms with E-state index in [4.69, 9.17) is 69.6 Å². The molecule has 1 heterocycles. The molecule has 0 N–H and O–H groups in total. The third kappa shape index (κ3) is 3.18. The number of nitrogens with zero attached hydrogens (tertiary/aromatic N) is 3. The van der Waals surface area contributed by atoms with Crippen molar-refractivity contribution in [2.45, 2.75) is 21.1 Å². The van der Waals surface area contributed by atoms with Crippen molar-refractivity contribution in [3.8, 4) is 0 Å². The van der Waals surface area contributed by atoms with Crippen molar-refractivity contribution in [3.05, 3.63) is 11.4 Å². The van der Waals surface area contributed by atoms with E-state index >= 15 is 0 Å². The highest BCUT2D eigenvalue weighted by Gasteiger charge is 2.40. The van der Waals surface area contributed by atoms with Crippen LogP contribution in [-0.4, -0.2) is 15.0 Å². The van der Waals surface area contributed by atoms with Crippen LogP contribution in [0.2, 0.25) is 0 Å². The first-order chi connectivity index (χ1) is 6.68. The van der Waals surface area contributed by atoms with Crippen LogP contribution in [-0.2, 0) is 14.1 Å². The molecule has 0 unspecified atom stereocenters. The third-order valence-electron chi connectivity index (χ3n) is 1.57. The molecule has 1 rings (SSSR count). The van der Waals surface area contributed by atoms with Crippen LogP contribution < -0.4 is 0 Å². The zero-order valence-corrected chi connectivity index (χ0v) is 11.9. The van der Waals surface area contributed by atoms with Crippen LogP contribution in [0.3, 0.4) is 0 Å². The van der Waals surface area contributed by atoms with Gasteiger partial charge in [-0.15, -0.1) is 5.10 Å². The van der Waals surface area contributed by atoms with Crippen LogP contribution in [0.15, 0.2) is 0 Å². The molecule has 0 aromatic carbocycles. The van der Waals surface area contributed by atoms with Gasteiger partial charge in [0.2, 0.25) is 7.59 Å². The number of aromatic nitrogens is 3. The Morgan fingerprint density at radius 1 is 1.07 bits per heavy atom. The smallest absolute Gasteiger partial charge is 0.236 e. The molecule has 0 aliphatic heterocycles. The van der Waals surface area contributed by atoms with Gasteiger partial charge < -0.3 is 0 Å². The maximum atomic E-state index is 5.75. The summed E-state index contributed by atoms with van der Waals surface area (Å²) in [5, 5.41) is 7.42. The van der Waals surface area contributed by atoms with Crippen LogP contribution in [0.4, 0.5) is 0 Å². The van der Waals surface area contributed by atoms with Crippen LogP contribution in [0.1, 0.15) is 18.3 Å². The number of hydrogen-bond donors (Lipinski definition) is 0. The van der Waals surface area contributed by atoms with Crippen molar-refractivity contribution in [1.82, 2.24) is 15.0 Å². The molecule has 0 atom stereocenters. The first kappa shape index (κ1) is 13.9. The number of hydrogen-bond acceptors (Lipinski definition) is 2. The molecule has 9 heteroatoms. The second-order valence-corrected chi connectivity index (χ2v) is 7.16. The largest absolute Gasteiger partial charge is 0.245 e. The fourth-order valence-electron chi connectivity index (χ4n) is 1.01. The normalized spacial score (nSPS) is 13.3. The third-order valence-corrected chi connectivity index (χ3v) is 2.65. The first-order valence-electron chi connectivity index (χ1n) is 3.75. The van der Waals surface area contributed by atoms with Gasteiger partial charge in [-0.25, -0.2) is 4.68 Å². The molecule has 0 fully saturated rings. The number of rotatable bonds is 1. The summed E-state index contributed by atoms with van der Waals surface area (Å²) in [5.41, 5.74) is 0.185. The summed E-state index contributed by atoms with van der Waals surface area (Å²) in [6.07, 6.45) is 0. The molecule has 0 saturated heterocycles. The van der Waals surface area contributed by atoms with Gasteiger partial charge >= 0.3 is 0 Å². The van der Waals surface area contributed by atoms with E-state index in [0.29, 0.717) is 6.54 Å². The first-order valence-corrected chi connectivity index (χ1v) is 6.02. The topological polar surface area (TPSA) is 30.7 Å². The minimum atomic E-state index is -1.77. The van der Waals surface area contributed by atoms with E-state index in [1.807, 2.05) is 0 Å². The summed E-state index contributed by atoms with van der Waals surface area (Å²) in [4.78, 5) is 0. The average Bonchev–Trinajstić information content (AvgIpc) is 2.44. The molecule has 15 heavy (non-hydrogen) atoms. The molecular formula is C6H5Cl6N3. The van der Waals surface area contributed by atoms with Crippen LogP contribution >= 0.6 is 69.6 Å². The maximum absolute atomic E-state index is 5.75. The Labute approximate surface area is 117 Å². The zero-order valence-electron chi connectivity index (χ0n) is 7.32. The number of aryl methyl sites for hydroxylation is 1. The molecular weight excluding hydrogens is 327 g/mol. The average molecular weight is 332 g/mol.